The molecule has 0 aromatic heterocycles. The van der Waals surface area contributed by atoms with Crippen LogP contribution < -0.4 is 20.3 Å². The lowest BCUT2D eigenvalue weighted by atomic mass is 10.1. The molecule has 0 aliphatic heterocycles. The van der Waals surface area contributed by atoms with Crippen molar-refractivity contribution in [3.05, 3.63) is 84.9 Å². The normalized spacial score (nSPS) is 11.0. The summed E-state index contributed by atoms with van der Waals surface area (Å²) in [7, 11) is 0. The molecule has 0 saturated carbocycles. The number of rotatable bonds is 5. The van der Waals surface area contributed by atoms with Crippen LogP contribution in [0.1, 0.15) is 41.5 Å². The topological polar surface area (TPSA) is 42.5 Å². The largest absolute Gasteiger partial charge is 0.484 e. The van der Waals surface area contributed by atoms with Crippen molar-refractivity contribution < 1.29 is 9.47 Å². The molecular formula is C26H34N2O2. The lowest BCUT2D eigenvalue weighted by Crippen LogP contribution is -2.26. The summed E-state index contributed by atoms with van der Waals surface area (Å²) in [6.45, 7) is 12.2. The number of para-hydroxylation sites is 4. The third-order valence-corrected chi connectivity index (χ3v) is 3.58. The van der Waals surface area contributed by atoms with Crippen LogP contribution in [0.4, 0.5) is 11.4 Å². The molecule has 3 rings (SSSR count). The molecule has 30 heavy (non-hydrogen) atoms. The molecule has 0 amide bonds. The predicted octanol–water partition coefficient (Wildman–Crippen LogP) is 7.17. The smallest absolute Gasteiger partial charge is 0.161 e. The third kappa shape index (κ3) is 9.37. The van der Waals surface area contributed by atoms with Crippen LogP contribution in [-0.4, -0.2) is 11.2 Å². The molecule has 0 atom stereocenters. The number of hydrazine groups is 1. The Morgan fingerprint density at radius 3 is 1.07 bits per heavy atom. The zero-order valence-corrected chi connectivity index (χ0v) is 18.9. The number of hydrogen-bond donors (Lipinski definition) is 2. The Balaban J connectivity index is 0.000000215. The van der Waals surface area contributed by atoms with Gasteiger partial charge in [0.05, 0.1) is 11.4 Å². The van der Waals surface area contributed by atoms with Gasteiger partial charge in [0.2, 0.25) is 0 Å². The molecule has 3 aromatic rings. The average molecular weight is 407 g/mol. The standard InChI is InChI=1S/C14H22O2.C12H12N2/c1-13(2,3)15-11-9-7-8-10-12(11)16-14(4,5)6;1-3-7-11(8-4-1)13-14-12-9-5-2-6-10-12/h7-10H,1-6H3;1-10,13-14H. The molecule has 0 aliphatic carbocycles. The van der Waals surface area contributed by atoms with Gasteiger partial charge in [0.25, 0.3) is 0 Å². The van der Waals surface area contributed by atoms with Gasteiger partial charge in [0, 0.05) is 0 Å². The van der Waals surface area contributed by atoms with Crippen LogP contribution in [0.5, 0.6) is 11.5 Å². The quantitative estimate of drug-likeness (QED) is 0.441. The van der Waals surface area contributed by atoms with Crippen LogP contribution in [0.15, 0.2) is 84.9 Å². The van der Waals surface area contributed by atoms with Crippen LogP contribution in [0, 0.1) is 0 Å². The summed E-state index contributed by atoms with van der Waals surface area (Å²) >= 11 is 0. The summed E-state index contributed by atoms with van der Waals surface area (Å²) in [5.74, 6) is 1.59. The molecule has 0 unspecified atom stereocenters. The molecule has 3 aromatic carbocycles. The van der Waals surface area contributed by atoms with Gasteiger partial charge in [0.1, 0.15) is 11.2 Å². The second-order valence-electron chi connectivity index (χ2n) is 8.86. The number of nitrogens with one attached hydrogen (secondary N) is 2. The Bertz CT molecular complexity index is 792. The second-order valence-corrected chi connectivity index (χ2v) is 8.86. The summed E-state index contributed by atoms with van der Waals surface area (Å²) < 4.78 is 11.7. The highest BCUT2D eigenvalue weighted by molar-refractivity contribution is 5.51. The highest BCUT2D eigenvalue weighted by Crippen LogP contribution is 2.32. The van der Waals surface area contributed by atoms with E-state index in [0.717, 1.165) is 22.9 Å². The van der Waals surface area contributed by atoms with Crippen molar-refractivity contribution in [2.45, 2.75) is 52.7 Å². The van der Waals surface area contributed by atoms with Gasteiger partial charge in [-0.2, -0.15) is 0 Å². The SMILES string of the molecule is CC(C)(C)Oc1ccccc1OC(C)(C)C.c1ccc(NNc2ccccc2)cc1. The molecule has 4 heteroatoms. The summed E-state index contributed by atoms with van der Waals surface area (Å²) in [5, 5.41) is 0. The highest BCUT2D eigenvalue weighted by Gasteiger charge is 2.18. The van der Waals surface area contributed by atoms with Crippen LogP contribution in [0.3, 0.4) is 0 Å². The monoisotopic (exact) mass is 406 g/mol. The summed E-state index contributed by atoms with van der Waals surface area (Å²) in [6.07, 6.45) is 0. The van der Waals surface area contributed by atoms with Crippen molar-refractivity contribution in [1.82, 2.24) is 0 Å². The van der Waals surface area contributed by atoms with E-state index >= 15 is 0 Å². The molecule has 0 aliphatic rings. The van der Waals surface area contributed by atoms with Gasteiger partial charge in [-0.15, -0.1) is 0 Å². The molecule has 0 bridgehead atoms. The molecule has 160 valence electrons. The highest BCUT2D eigenvalue weighted by atomic mass is 16.5. The summed E-state index contributed by atoms with van der Waals surface area (Å²) in [5.41, 5.74) is 7.90. The van der Waals surface area contributed by atoms with E-state index in [2.05, 4.69) is 10.9 Å². The molecule has 0 heterocycles. The first-order valence-corrected chi connectivity index (χ1v) is 10.2. The first-order chi connectivity index (χ1) is 14.1. The van der Waals surface area contributed by atoms with Crippen molar-refractivity contribution >= 4 is 11.4 Å². The van der Waals surface area contributed by atoms with Crippen molar-refractivity contribution in [1.29, 1.82) is 0 Å². The Morgan fingerprint density at radius 2 is 0.767 bits per heavy atom. The maximum atomic E-state index is 5.85. The van der Waals surface area contributed by atoms with Gasteiger partial charge >= 0.3 is 0 Å². The van der Waals surface area contributed by atoms with E-state index in [1.165, 1.54) is 0 Å². The third-order valence-electron chi connectivity index (χ3n) is 3.58. The lowest BCUT2D eigenvalue weighted by molar-refractivity contribution is 0.0958. The van der Waals surface area contributed by atoms with E-state index in [1.54, 1.807) is 0 Å². The number of anilines is 2. The predicted molar refractivity (Wildman–Crippen MR) is 127 cm³/mol. The summed E-state index contributed by atoms with van der Waals surface area (Å²) in [6, 6.07) is 27.8. The Morgan fingerprint density at radius 1 is 0.467 bits per heavy atom. The average Bonchev–Trinajstić information content (AvgIpc) is 2.68. The van der Waals surface area contributed by atoms with Crippen LogP contribution >= 0.6 is 0 Å². The van der Waals surface area contributed by atoms with Gasteiger partial charge < -0.3 is 20.3 Å². The molecule has 0 spiro atoms. The maximum absolute atomic E-state index is 5.85. The lowest BCUT2D eigenvalue weighted by Gasteiger charge is -2.27. The first-order valence-electron chi connectivity index (χ1n) is 10.2. The first kappa shape index (κ1) is 23.1. The molecule has 0 saturated heterocycles. The minimum absolute atomic E-state index is 0.211. The van der Waals surface area contributed by atoms with Gasteiger partial charge in [-0.25, -0.2) is 0 Å². The number of ether oxygens (including phenoxy) is 2. The van der Waals surface area contributed by atoms with Gasteiger partial charge in [-0.3, -0.25) is 0 Å². The molecule has 4 nitrogen and oxygen atoms in total. The van der Waals surface area contributed by atoms with Crippen molar-refractivity contribution in [3.63, 3.8) is 0 Å². The maximum Gasteiger partial charge on any atom is 0.161 e. The zero-order chi connectivity index (χ0) is 22.0. The van der Waals surface area contributed by atoms with E-state index in [9.17, 15) is 0 Å². The van der Waals surface area contributed by atoms with E-state index in [4.69, 9.17) is 9.47 Å². The summed E-state index contributed by atoms with van der Waals surface area (Å²) in [4.78, 5) is 0. The van der Waals surface area contributed by atoms with Crippen LogP contribution in [0.25, 0.3) is 0 Å². The van der Waals surface area contributed by atoms with E-state index in [-0.39, 0.29) is 11.2 Å². The minimum atomic E-state index is -0.211. The molecule has 0 fully saturated rings. The minimum Gasteiger partial charge on any atom is -0.484 e. The molecule has 2 N–H and O–H groups in total. The van der Waals surface area contributed by atoms with Crippen molar-refractivity contribution in [2.24, 2.45) is 0 Å². The Kier molecular flexibility index (Phi) is 8.16. The van der Waals surface area contributed by atoms with Gasteiger partial charge in [-0.05, 0) is 77.9 Å². The van der Waals surface area contributed by atoms with Crippen molar-refractivity contribution in [3.8, 4) is 11.5 Å². The second kappa shape index (κ2) is 10.6. The van der Waals surface area contributed by atoms with Crippen LogP contribution in [0.2, 0.25) is 0 Å². The van der Waals surface area contributed by atoms with E-state index in [1.807, 2.05) is 126 Å². The fourth-order valence-electron chi connectivity index (χ4n) is 2.47. The zero-order valence-electron chi connectivity index (χ0n) is 18.9. The van der Waals surface area contributed by atoms with Crippen molar-refractivity contribution in [2.75, 3.05) is 10.9 Å². The van der Waals surface area contributed by atoms with E-state index in [0.29, 0.717) is 0 Å². The molecular weight excluding hydrogens is 372 g/mol. The van der Waals surface area contributed by atoms with Gasteiger partial charge in [0.15, 0.2) is 11.5 Å². The number of benzene rings is 3. The number of hydrogen-bond acceptors (Lipinski definition) is 4. The fourth-order valence-corrected chi connectivity index (χ4v) is 2.47. The van der Waals surface area contributed by atoms with E-state index < -0.39 is 0 Å². The molecule has 0 radical (unpaired) electrons. The fraction of sp³-hybridized carbons (Fsp3) is 0.308. The van der Waals surface area contributed by atoms with Crippen LogP contribution in [-0.2, 0) is 0 Å². The Hall–Kier alpha value is -3.14. The van der Waals surface area contributed by atoms with Gasteiger partial charge in [-0.1, -0.05) is 48.5 Å². The Labute approximate surface area is 181 Å².